The lowest BCUT2D eigenvalue weighted by molar-refractivity contribution is 0.557. The Morgan fingerprint density at radius 2 is 1.65 bits per heavy atom. The molecule has 0 radical (unpaired) electrons. The van der Waals surface area contributed by atoms with E-state index in [9.17, 15) is 0 Å². The van der Waals surface area contributed by atoms with Gasteiger partial charge in [0.15, 0.2) is 0 Å². The first-order chi connectivity index (χ1) is 9.49. The Labute approximate surface area is 122 Å². The Morgan fingerprint density at radius 1 is 0.950 bits per heavy atom. The quantitative estimate of drug-likeness (QED) is 0.876. The maximum atomic E-state index is 3.55. The van der Waals surface area contributed by atoms with Gasteiger partial charge in [-0.25, -0.2) is 0 Å². The lowest BCUT2D eigenvalue weighted by Crippen LogP contribution is -2.27. The van der Waals surface area contributed by atoms with Crippen molar-refractivity contribution >= 4 is 11.4 Å². The third-order valence-electron chi connectivity index (χ3n) is 3.65. The molecule has 1 N–H and O–H groups in total. The van der Waals surface area contributed by atoms with E-state index in [1.165, 1.54) is 16.9 Å². The van der Waals surface area contributed by atoms with Crippen molar-refractivity contribution in [3.8, 4) is 0 Å². The molecule has 0 bridgehead atoms. The van der Waals surface area contributed by atoms with Gasteiger partial charge in [-0.2, -0.15) is 0 Å². The van der Waals surface area contributed by atoms with Crippen molar-refractivity contribution in [3.63, 3.8) is 0 Å². The zero-order valence-corrected chi connectivity index (χ0v) is 12.9. The minimum absolute atomic E-state index is 0.107. The first-order valence-corrected chi connectivity index (χ1v) is 7.06. The first-order valence-electron chi connectivity index (χ1n) is 7.06. The van der Waals surface area contributed by atoms with Crippen molar-refractivity contribution in [2.45, 2.75) is 19.3 Å². The van der Waals surface area contributed by atoms with E-state index < -0.39 is 0 Å². The van der Waals surface area contributed by atoms with E-state index in [0.717, 1.165) is 6.54 Å². The molecule has 0 aliphatic heterocycles. The second-order valence-electron chi connectivity index (χ2n) is 6.05. The third-order valence-corrected chi connectivity index (χ3v) is 3.65. The summed E-state index contributed by atoms with van der Waals surface area (Å²) in [5.74, 6) is 0. The van der Waals surface area contributed by atoms with Gasteiger partial charge in [-0.15, -0.1) is 0 Å². The number of rotatable bonds is 5. The highest BCUT2D eigenvalue weighted by Gasteiger charge is 2.19. The number of benzene rings is 2. The zero-order chi connectivity index (χ0) is 14.6. The topological polar surface area (TPSA) is 15.3 Å². The summed E-state index contributed by atoms with van der Waals surface area (Å²) in [5, 5.41) is 3.55. The molecule has 0 spiro atoms. The molecule has 0 aromatic heterocycles. The van der Waals surface area contributed by atoms with Gasteiger partial charge in [-0.1, -0.05) is 50.2 Å². The standard InChI is InChI=1S/C18H24N2/c1-18(2,15-9-6-5-7-10-15)14-19-16-11-8-12-17(13-16)20(3)4/h5-13,19H,14H2,1-4H3. The van der Waals surface area contributed by atoms with E-state index in [1.54, 1.807) is 0 Å². The van der Waals surface area contributed by atoms with Gasteiger partial charge >= 0.3 is 0 Å². The van der Waals surface area contributed by atoms with Crippen molar-refractivity contribution in [2.24, 2.45) is 0 Å². The van der Waals surface area contributed by atoms with E-state index in [4.69, 9.17) is 0 Å². The van der Waals surface area contributed by atoms with Gasteiger partial charge in [-0.05, 0) is 23.8 Å². The zero-order valence-electron chi connectivity index (χ0n) is 12.9. The summed E-state index contributed by atoms with van der Waals surface area (Å²) in [5.41, 5.74) is 3.85. The van der Waals surface area contributed by atoms with Crippen molar-refractivity contribution in [2.75, 3.05) is 30.9 Å². The molecule has 0 aliphatic rings. The lowest BCUT2D eigenvalue weighted by Gasteiger charge is -2.26. The fourth-order valence-electron chi connectivity index (χ4n) is 2.21. The SMILES string of the molecule is CN(C)c1cccc(NCC(C)(C)c2ccccc2)c1. The molecule has 2 rings (SSSR count). The van der Waals surface area contributed by atoms with Gasteiger partial charge in [0, 0.05) is 37.4 Å². The predicted molar refractivity (Wildman–Crippen MR) is 88.7 cm³/mol. The van der Waals surface area contributed by atoms with Crippen LogP contribution in [0.5, 0.6) is 0 Å². The summed E-state index contributed by atoms with van der Waals surface area (Å²) in [6.45, 7) is 5.45. The van der Waals surface area contributed by atoms with Crippen LogP contribution in [0.4, 0.5) is 11.4 Å². The van der Waals surface area contributed by atoms with Crippen LogP contribution in [0.2, 0.25) is 0 Å². The van der Waals surface area contributed by atoms with Crippen LogP contribution in [0.3, 0.4) is 0 Å². The molecule has 0 atom stereocenters. The molecule has 2 aromatic rings. The average molecular weight is 268 g/mol. The minimum Gasteiger partial charge on any atom is -0.384 e. The Balaban J connectivity index is 2.06. The Kier molecular flexibility index (Phi) is 4.33. The summed E-state index contributed by atoms with van der Waals surface area (Å²) >= 11 is 0. The molecular weight excluding hydrogens is 244 g/mol. The van der Waals surface area contributed by atoms with E-state index in [-0.39, 0.29) is 5.41 Å². The third kappa shape index (κ3) is 3.53. The summed E-state index contributed by atoms with van der Waals surface area (Å²) in [6.07, 6.45) is 0. The molecule has 2 heteroatoms. The fraction of sp³-hybridized carbons (Fsp3) is 0.333. The van der Waals surface area contributed by atoms with Crippen molar-refractivity contribution in [1.29, 1.82) is 0 Å². The highest BCUT2D eigenvalue weighted by atomic mass is 15.1. The molecule has 2 nitrogen and oxygen atoms in total. The maximum Gasteiger partial charge on any atom is 0.0381 e. The number of nitrogens with one attached hydrogen (secondary N) is 1. The van der Waals surface area contributed by atoms with Gasteiger partial charge in [0.25, 0.3) is 0 Å². The summed E-state index contributed by atoms with van der Waals surface area (Å²) in [7, 11) is 4.13. The molecule has 0 fully saturated rings. The van der Waals surface area contributed by atoms with Crippen LogP contribution in [0, 0.1) is 0 Å². The van der Waals surface area contributed by atoms with E-state index in [1.807, 2.05) is 0 Å². The molecule has 0 saturated heterocycles. The molecule has 0 heterocycles. The summed E-state index contributed by atoms with van der Waals surface area (Å²) in [6, 6.07) is 19.2. The maximum absolute atomic E-state index is 3.55. The number of hydrogen-bond donors (Lipinski definition) is 1. The van der Waals surface area contributed by atoms with Crippen molar-refractivity contribution in [3.05, 3.63) is 60.2 Å². The number of anilines is 2. The molecule has 0 aliphatic carbocycles. The van der Waals surface area contributed by atoms with Crippen LogP contribution < -0.4 is 10.2 Å². The highest BCUT2D eigenvalue weighted by molar-refractivity contribution is 5.57. The molecule has 106 valence electrons. The molecule has 0 amide bonds. The second kappa shape index (κ2) is 6.00. The number of hydrogen-bond acceptors (Lipinski definition) is 2. The Morgan fingerprint density at radius 3 is 2.30 bits per heavy atom. The lowest BCUT2D eigenvalue weighted by atomic mass is 9.84. The first kappa shape index (κ1) is 14.4. The molecule has 2 aromatic carbocycles. The predicted octanol–water partition coefficient (Wildman–Crippen LogP) is 4.14. The highest BCUT2D eigenvalue weighted by Crippen LogP contribution is 2.24. The van der Waals surface area contributed by atoms with Crippen LogP contribution in [0.1, 0.15) is 19.4 Å². The minimum atomic E-state index is 0.107. The summed E-state index contributed by atoms with van der Waals surface area (Å²) < 4.78 is 0. The fourth-order valence-corrected chi connectivity index (χ4v) is 2.21. The van der Waals surface area contributed by atoms with Gasteiger partial charge in [0.1, 0.15) is 0 Å². The number of nitrogens with zero attached hydrogens (tertiary/aromatic N) is 1. The Hall–Kier alpha value is -1.96. The molecule has 0 unspecified atom stereocenters. The van der Waals surface area contributed by atoms with Crippen molar-refractivity contribution in [1.82, 2.24) is 0 Å². The smallest absolute Gasteiger partial charge is 0.0381 e. The van der Waals surface area contributed by atoms with Gasteiger partial charge in [0.2, 0.25) is 0 Å². The van der Waals surface area contributed by atoms with Crippen LogP contribution in [-0.4, -0.2) is 20.6 Å². The molecule has 20 heavy (non-hydrogen) atoms. The van der Waals surface area contributed by atoms with Crippen molar-refractivity contribution < 1.29 is 0 Å². The normalized spacial score (nSPS) is 11.2. The molecule has 0 saturated carbocycles. The van der Waals surface area contributed by atoms with E-state index in [0.29, 0.717) is 0 Å². The van der Waals surface area contributed by atoms with E-state index >= 15 is 0 Å². The van der Waals surface area contributed by atoms with Gasteiger partial charge < -0.3 is 10.2 Å². The van der Waals surface area contributed by atoms with Crippen LogP contribution in [-0.2, 0) is 5.41 Å². The largest absolute Gasteiger partial charge is 0.384 e. The van der Waals surface area contributed by atoms with E-state index in [2.05, 4.69) is 92.8 Å². The summed E-state index contributed by atoms with van der Waals surface area (Å²) in [4.78, 5) is 2.12. The van der Waals surface area contributed by atoms with Gasteiger partial charge in [-0.3, -0.25) is 0 Å². The Bertz CT molecular complexity index is 544. The average Bonchev–Trinajstić information content (AvgIpc) is 2.46. The van der Waals surface area contributed by atoms with Crippen LogP contribution >= 0.6 is 0 Å². The van der Waals surface area contributed by atoms with Gasteiger partial charge in [0.05, 0.1) is 0 Å². The second-order valence-corrected chi connectivity index (χ2v) is 6.05. The van der Waals surface area contributed by atoms with Crippen LogP contribution in [0.25, 0.3) is 0 Å². The monoisotopic (exact) mass is 268 g/mol. The molecular formula is C18H24N2. The van der Waals surface area contributed by atoms with Crippen LogP contribution in [0.15, 0.2) is 54.6 Å².